The average molecular weight is 270 g/mol. The lowest BCUT2D eigenvalue weighted by Crippen LogP contribution is -2.51. The Balaban J connectivity index is 2.36. The van der Waals surface area contributed by atoms with E-state index < -0.39 is 0 Å². The van der Waals surface area contributed by atoms with Crippen molar-refractivity contribution in [2.24, 2.45) is 5.92 Å². The zero-order valence-corrected chi connectivity index (χ0v) is 13.2. The van der Waals surface area contributed by atoms with Crippen LogP contribution in [0.1, 0.15) is 47.5 Å². The summed E-state index contributed by atoms with van der Waals surface area (Å²) in [5.41, 5.74) is -0.248. The van der Waals surface area contributed by atoms with Crippen molar-refractivity contribution in [1.29, 1.82) is 0 Å². The van der Waals surface area contributed by atoms with Crippen LogP contribution in [0.3, 0.4) is 0 Å². The number of carbonyl (C=O) groups is 1. The Morgan fingerprint density at radius 1 is 1.42 bits per heavy atom. The molecule has 0 aliphatic carbocycles. The summed E-state index contributed by atoms with van der Waals surface area (Å²) >= 11 is 0. The Bertz CT molecular complexity index is 286. The molecule has 1 rings (SSSR count). The van der Waals surface area contributed by atoms with E-state index in [2.05, 4.69) is 19.2 Å². The third-order valence-electron chi connectivity index (χ3n) is 3.54. The molecule has 2 unspecified atom stereocenters. The second kappa shape index (κ2) is 7.25. The number of hydrogen-bond donors (Lipinski definition) is 1. The first-order chi connectivity index (χ1) is 8.83. The highest BCUT2D eigenvalue weighted by atomic mass is 16.5. The molecule has 1 N–H and O–H groups in total. The molecule has 1 aliphatic heterocycles. The summed E-state index contributed by atoms with van der Waals surface area (Å²) < 4.78 is 5.56. The summed E-state index contributed by atoms with van der Waals surface area (Å²) in [5, 5.41) is 3.57. The molecular weight excluding hydrogens is 240 g/mol. The average Bonchev–Trinajstić information content (AvgIpc) is 2.33. The summed E-state index contributed by atoms with van der Waals surface area (Å²) in [4.78, 5) is 14.0. The number of rotatable bonds is 5. The Kier molecular flexibility index (Phi) is 6.27. The summed E-state index contributed by atoms with van der Waals surface area (Å²) in [6.07, 6.45) is 2.20. The normalized spacial score (nSPS) is 24.6. The standard InChI is InChI=1S/C15H30N2O2/c1-6-8-16-13-7-9-17(10-12(13)2)14(18)11-19-15(3,4)5/h12-13,16H,6-11H2,1-5H3. The predicted octanol–water partition coefficient (Wildman–Crippen LogP) is 2.04. The van der Waals surface area contributed by atoms with E-state index in [1.165, 1.54) is 0 Å². The van der Waals surface area contributed by atoms with Gasteiger partial charge in [-0.1, -0.05) is 13.8 Å². The van der Waals surface area contributed by atoms with Crippen molar-refractivity contribution >= 4 is 5.91 Å². The number of nitrogens with zero attached hydrogens (tertiary/aromatic N) is 1. The maximum absolute atomic E-state index is 12.1. The van der Waals surface area contributed by atoms with Gasteiger partial charge in [-0.3, -0.25) is 4.79 Å². The van der Waals surface area contributed by atoms with Crippen molar-refractivity contribution in [3.05, 3.63) is 0 Å². The maximum atomic E-state index is 12.1. The Morgan fingerprint density at radius 2 is 2.11 bits per heavy atom. The quantitative estimate of drug-likeness (QED) is 0.831. The molecule has 4 nitrogen and oxygen atoms in total. The second-order valence-corrected chi connectivity index (χ2v) is 6.57. The molecule has 1 saturated heterocycles. The molecular formula is C15H30N2O2. The fourth-order valence-corrected chi connectivity index (χ4v) is 2.37. The Morgan fingerprint density at radius 3 is 2.63 bits per heavy atom. The SMILES string of the molecule is CCCNC1CCN(C(=O)COC(C)(C)C)CC1C. The largest absolute Gasteiger partial charge is 0.366 e. The first-order valence-electron chi connectivity index (χ1n) is 7.48. The number of piperidine rings is 1. The van der Waals surface area contributed by atoms with Crippen LogP contribution in [-0.2, 0) is 9.53 Å². The molecule has 0 aromatic rings. The molecule has 1 amide bonds. The number of nitrogens with one attached hydrogen (secondary N) is 1. The van der Waals surface area contributed by atoms with E-state index in [1.54, 1.807) is 0 Å². The first kappa shape index (κ1) is 16.4. The highest BCUT2D eigenvalue weighted by Crippen LogP contribution is 2.17. The van der Waals surface area contributed by atoms with E-state index in [9.17, 15) is 4.79 Å². The summed E-state index contributed by atoms with van der Waals surface area (Å²) in [5.74, 6) is 0.634. The van der Waals surface area contributed by atoms with Gasteiger partial charge in [0.05, 0.1) is 5.60 Å². The predicted molar refractivity (Wildman–Crippen MR) is 78.1 cm³/mol. The molecule has 1 heterocycles. The van der Waals surface area contributed by atoms with Gasteiger partial charge in [0.25, 0.3) is 0 Å². The van der Waals surface area contributed by atoms with Crippen LogP contribution in [0, 0.1) is 5.92 Å². The molecule has 0 aromatic carbocycles. The fourth-order valence-electron chi connectivity index (χ4n) is 2.37. The molecule has 0 radical (unpaired) electrons. The Labute approximate surface area is 117 Å². The van der Waals surface area contributed by atoms with Crippen molar-refractivity contribution in [3.63, 3.8) is 0 Å². The minimum absolute atomic E-state index is 0.121. The lowest BCUT2D eigenvalue weighted by Gasteiger charge is -2.37. The topological polar surface area (TPSA) is 41.6 Å². The first-order valence-corrected chi connectivity index (χ1v) is 7.48. The van der Waals surface area contributed by atoms with Gasteiger partial charge in [0.15, 0.2) is 0 Å². The monoisotopic (exact) mass is 270 g/mol. The number of amides is 1. The van der Waals surface area contributed by atoms with Gasteiger partial charge < -0.3 is 15.0 Å². The van der Waals surface area contributed by atoms with Crippen molar-refractivity contribution in [2.75, 3.05) is 26.2 Å². The highest BCUT2D eigenvalue weighted by Gasteiger charge is 2.28. The Hall–Kier alpha value is -0.610. The smallest absolute Gasteiger partial charge is 0.248 e. The van der Waals surface area contributed by atoms with Crippen LogP contribution < -0.4 is 5.32 Å². The molecule has 4 heteroatoms. The maximum Gasteiger partial charge on any atom is 0.248 e. The van der Waals surface area contributed by atoms with Crippen LogP contribution in [0.4, 0.5) is 0 Å². The van der Waals surface area contributed by atoms with Gasteiger partial charge in [0.2, 0.25) is 5.91 Å². The van der Waals surface area contributed by atoms with Gasteiger partial charge in [0, 0.05) is 19.1 Å². The fraction of sp³-hybridized carbons (Fsp3) is 0.933. The van der Waals surface area contributed by atoms with Crippen LogP contribution in [0.25, 0.3) is 0 Å². The van der Waals surface area contributed by atoms with Gasteiger partial charge in [-0.15, -0.1) is 0 Å². The van der Waals surface area contributed by atoms with E-state index in [0.29, 0.717) is 12.0 Å². The van der Waals surface area contributed by atoms with E-state index in [4.69, 9.17) is 4.74 Å². The minimum atomic E-state index is -0.248. The third-order valence-corrected chi connectivity index (χ3v) is 3.54. The lowest BCUT2D eigenvalue weighted by molar-refractivity contribution is -0.143. The van der Waals surface area contributed by atoms with Crippen molar-refractivity contribution in [1.82, 2.24) is 10.2 Å². The molecule has 112 valence electrons. The van der Waals surface area contributed by atoms with Gasteiger partial charge in [-0.25, -0.2) is 0 Å². The van der Waals surface area contributed by atoms with Crippen molar-refractivity contribution < 1.29 is 9.53 Å². The summed E-state index contributed by atoms with van der Waals surface area (Å²) in [7, 11) is 0. The second-order valence-electron chi connectivity index (χ2n) is 6.57. The molecule has 0 bridgehead atoms. The molecule has 19 heavy (non-hydrogen) atoms. The van der Waals surface area contributed by atoms with Crippen LogP contribution in [0.2, 0.25) is 0 Å². The zero-order valence-electron chi connectivity index (χ0n) is 13.2. The van der Waals surface area contributed by atoms with Gasteiger partial charge >= 0.3 is 0 Å². The number of hydrogen-bond acceptors (Lipinski definition) is 3. The molecule has 2 atom stereocenters. The van der Waals surface area contributed by atoms with Crippen LogP contribution in [-0.4, -0.2) is 48.7 Å². The highest BCUT2D eigenvalue weighted by molar-refractivity contribution is 5.77. The summed E-state index contributed by atoms with van der Waals surface area (Å²) in [6, 6.07) is 0.549. The lowest BCUT2D eigenvalue weighted by atomic mass is 9.93. The number of likely N-dealkylation sites (tertiary alicyclic amines) is 1. The number of ether oxygens (including phenoxy) is 1. The van der Waals surface area contributed by atoms with Gasteiger partial charge in [0.1, 0.15) is 6.61 Å². The third kappa shape index (κ3) is 5.91. The molecule has 0 spiro atoms. The number of carbonyl (C=O) groups excluding carboxylic acids is 1. The van der Waals surface area contributed by atoms with Gasteiger partial charge in [-0.05, 0) is 46.1 Å². The van der Waals surface area contributed by atoms with Crippen molar-refractivity contribution in [2.45, 2.75) is 59.1 Å². The van der Waals surface area contributed by atoms with Crippen molar-refractivity contribution in [3.8, 4) is 0 Å². The van der Waals surface area contributed by atoms with Crippen LogP contribution in [0.15, 0.2) is 0 Å². The van der Waals surface area contributed by atoms with Crippen LogP contribution >= 0.6 is 0 Å². The van der Waals surface area contributed by atoms with E-state index in [-0.39, 0.29) is 18.1 Å². The van der Waals surface area contributed by atoms with E-state index >= 15 is 0 Å². The molecule has 1 fully saturated rings. The molecule has 0 saturated carbocycles. The molecule has 0 aromatic heterocycles. The van der Waals surface area contributed by atoms with E-state index in [0.717, 1.165) is 32.5 Å². The summed E-state index contributed by atoms with van der Waals surface area (Å²) in [6.45, 7) is 13.3. The molecule has 1 aliphatic rings. The minimum Gasteiger partial charge on any atom is -0.366 e. The zero-order chi connectivity index (χ0) is 14.5. The van der Waals surface area contributed by atoms with Gasteiger partial charge in [-0.2, -0.15) is 0 Å². The van der Waals surface area contributed by atoms with E-state index in [1.807, 2.05) is 25.7 Å². The van der Waals surface area contributed by atoms with Crippen LogP contribution in [0.5, 0.6) is 0 Å².